The van der Waals surface area contributed by atoms with Crippen LogP contribution in [0, 0.1) is 5.82 Å². The van der Waals surface area contributed by atoms with Crippen molar-refractivity contribution in [3.63, 3.8) is 0 Å². The van der Waals surface area contributed by atoms with Crippen molar-refractivity contribution in [1.82, 2.24) is 15.1 Å². The van der Waals surface area contributed by atoms with E-state index in [-0.39, 0.29) is 18.5 Å². The number of carbonyl (C=O) groups is 3. The van der Waals surface area contributed by atoms with E-state index < -0.39 is 23.3 Å². The molecule has 7 heteroatoms. The normalized spacial score (nSPS) is 26.2. The molecular weight excluding hydrogens is 337 g/mol. The topological polar surface area (TPSA) is 69.7 Å². The van der Waals surface area contributed by atoms with Gasteiger partial charge >= 0.3 is 6.03 Å². The van der Waals surface area contributed by atoms with E-state index in [1.54, 1.807) is 11.8 Å². The molecular formula is C19H24FN3O3. The molecule has 4 amide bonds. The van der Waals surface area contributed by atoms with Gasteiger partial charge in [0.15, 0.2) is 0 Å². The standard InChI is InChI=1S/C19H24FN3O3/c1-3-19(14-7-9-15(20)10-8-14)17(25)23(18(26)21-19)12-16(24)22-11-5-4-6-13(22)2/h7-10,13H,3-6,11-12H2,1-2H3,(H,21,26)/t13-,19-/m1/s1. The van der Waals surface area contributed by atoms with E-state index in [0.717, 1.165) is 24.2 Å². The highest BCUT2D eigenvalue weighted by molar-refractivity contribution is 6.09. The number of imide groups is 1. The minimum absolute atomic E-state index is 0.116. The number of hydrogen-bond donors (Lipinski definition) is 1. The van der Waals surface area contributed by atoms with Gasteiger partial charge in [-0.25, -0.2) is 9.18 Å². The van der Waals surface area contributed by atoms with Crippen molar-refractivity contribution in [2.75, 3.05) is 13.1 Å². The van der Waals surface area contributed by atoms with Crippen LogP contribution < -0.4 is 5.32 Å². The molecule has 2 fully saturated rings. The van der Waals surface area contributed by atoms with Crippen LogP contribution in [-0.4, -0.2) is 46.8 Å². The van der Waals surface area contributed by atoms with Crippen LogP contribution in [0.2, 0.25) is 0 Å². The minimum atomic E-state index is -1.25. The van der Waals surface area contributed by atoms with Crippen molar-refractivity contribution in [3.8, 4) is 0 Å². The number of amides is 4. The number of likely N-dealkylation sites (tertiary alicyclic amines) is 1. The van der Waals surface area contributed by atoms with Crippen LogP contribution in [0.4, 0.5) is 9.18 Å². The summed E-state index contributed by atoms with van der Waals surface area (Å²) in [6.07, 6.45) is 3.26. The first-order chi connectivity index (χ1) is 12.4. The second kappa shape index (κ2) is 7.05. The molecule has 3 rings (SSSR count). The van der Waals surface area contributed by atoms with E-state index in [2.05, 4.69) is 5.32 Å². The molecule has 6 nitrogen and oxygen atoms in total. The van der Waals surface area contributed by atoms with Gasteiger partial charge in [0.05, 0.1) is 0 Å². The quantitative estimate of drug-likeness (QED) is 0.837. The second-order valence-electron chi connectivity index (χ2n) is 7.02. The fourth-order valence-electron chi connectivity index (χ4n) is 3.84. The Morgan fingerprint density at radius 2 is 1.96 bits per heavy atom. The van der Waals surface area contributed by atoms with Crippen LogP contribution in [0.15, 0.2) is 24.3 Å². The first-order valence-corrected chi connectivity index (χ1v) is 9.08. The summed E-state index contributed by atoms with van der Waals surface area (Å²) in [4.78, 5) is 40.8. The zero-order valence-electron chi connectivity index (χ0n) is 15.1. The molecule has 0 aliphatic carbocycles. The van der Waals surface area contributed by atoms with Crippen LogP contribution in [-0.2, 0) is 15.1 Å². The van der Waals surface area contributed by atoms with Gasteiger partial charge in [0.2, 0.25) is 5.91 Å². The smallest absolute Gasteiger partial charge is 0.325 e. The summed E-state index contributed by atoms with van der Waals surface area (Å²) in [6.45, 7) is 4.15. The van der Waals surface area contributed by atoms with Gasteiger partial charge in [0, 0.05) is 12.6 Å². The molecule has 0 unspecified atom stereocenters. The van der Waals surface area contributed by atoms with Crippen molar-refractivity contribution in [2.45, 2.75) is 51.1 Å². The molecule has 2 aliphatic heterocycles. The van der Waals surface area contributed by atoms with Crippen LogP contribution >= 0.6 is 0 Å². The molecule has 26 heavy (non-hydrogen) atoms. The van der Waals surface area contributed by atoms with E-state index in [1.807, 2.05) is 6.92 Å². The van der Waals surface area contributed by atoms with Gasteiger partial charge in [-0.2, -0.15) is 0 Å². The SMILES string of the molecule is CC[C@]1(c2ccc(F)cc2)NC(=O)N(CC(=O)N2CCCC[C@H]2C)C1=O. The van der Waals surface area contributed by atoms with Gasteiger partial charge in [0.1, 0.15) is 17.9 Å². The highest BCUT2D eigenvalue weighted by Crippen LogP contribution is 2.32. The zero-order chi connectivity index (χ0) is 18.9. The molecule has 1 aromatic carbocycles. The Labute approximate surface area is 152 Å². The number of rotatable bonds is 4. The summed E-state index contributed by atoms with van der Waals surface area (Å²) >= 11 is 0. The lowest BCUT2D eigenvalue weighted by atomic mass is 9.87. The van der Waals surface area contributed by atoms with E-state index in [9.17, 15) is 18.8 Å². The number of nitrogens with zero attached hydrogens (tertiary/aromatic N) is 2. The highest BCUT2D eigenvalue weighted by atomic mass is 19.1. The molecule has 0 spiro atoms. The summed E-state index contributed by atoms with van der Waals surface area (Å²) in [5.74, 6) is -1.09. The third-order valence-electron chi connectivity index (χ3n) is 5.46. The fraction of sp³-hybridized carbons (Fsp3) is 0.526. The van der Waals surface area contributed by atoms with Crippen molar-refractivity contribution in [1.29, 1.82) is 0 Å². The molecule has 0 radical (unpaired) electrons. The molecule has 140 valence electrons. The van der Waals surface area contributed by atoms with Crippen LogP contribution in [0.5, 0.6) is 0 Å². The van der Waals surface area contributed by atoms with Gasteiger partial charge in [0.25, 0.3) is 5.91 Å². The highest BCUT2D eigenvalue weighted by Gasteiger charge is 2.52. The van der Waals surface area contributed by atoms with Crippen LogP contribution in [0.25, 0.3) is 0 Å². The third-order valence-corrected chi connectivity index (χ3v) is 5.46. The molecule has 2 atom stereocenters. The Morgan fingerprint density at radius 1 is 1.27 bits per heavy atom. The summed E-state index contributed by atoms with van der Waals surface area (Å²) in [7, 11) is 0. The van der Waals surface area contributed by atoms with E-state index in [1.165, 1.54) is 24.3 Å². The molecule has 1 N–H and O–H groups in total. The number of urea groups is 1. The van der Waals surface area contributed by atoms with Gasteiger partial charge in [-0.15, -0.1) is 0 Å². The maximum Gasteiger partial charge on any atom is 0.325 e. The maximum atomic E-state index is 13.2. The second-order valence-corrected chi connectivity index (χ2v) is 7.02. The summed E-state index contributed by atoms with van der Waals surface area (Å²) in [5.41, 5.74) is -0.737. The summed E-state index contributed by atoms with van der Waals surface area (Å²) in [6, 6.07) is 5.04. The lowest BCUT2D eigenvalue weighted by Gasteiger charge is -2.34. The van der Waals surface area contributed by atoms with Crippen molar-refractivity contribution in [3.05, 3.63) is 35.6 Å². The van der Waals surface area contributed by atoms with Crippen LogP contribution in [0.1, 0.15) is 45.1 Å². The largest absolute Gasteiger partial charge is 0.338 e. The Hall–Kier alpha value is -2.44. The van der Waals surface area contributed by atoms with E-state index >= 15 is 0 Å². The average Bonchev–Trinajstić information content (AvgIpc) is 2.87. The first-order valence-electron chi connectivity index (χ1n) is 9.08. The fourth-order valence-corrected chi connectivity index (χ4v) is 3.84. The van der Waals surface area contributed by atoms with Crippen LogP contribution in [0.3, 0.4) is 0 Å². The van der Waals surface area contributed by atoms with Gasteiger partial charge in [-0.3, -0.25) is 14.5 Å². The number of piperidine rings is 1. The monoisotopic (exact) mass is 361 g/mol. The van der Waals surface area contributed by atoms with Gasteiger partial charge in [-0.05, 0) is 50.3 Å². The number of benzene rings is 1. The Morgan fingerprint density at radius 3 is 2.58 bits per heavy atom. The lowest BCUT2D eigenvalue weighted by molar-refractivity contribution is -0.141. The predicted molar refractivity (Wildman–Crippen MR) is 93.6 cm³/mol. The lowest BCUT2D eigenvalue weighted by Crippen LogP contribution is -2.49. The van der Waals surface area contributed by atoms with E-state index in [4.69, 9.17) is 0 Å². The predicted octanol–water partition coefficient (Wildman–Crippen LogP) is 2.38. The van der Waals surface area contributed by atoms with Crippen molar-refractivity contribution < 1.29 is 18.8 Å². The van der Waals surface area contributed by atoms with Gasteiger partial charge in [-0.1, -0.05) is 19.1 Å². The Bertz CT molecular complexity index is 721. The maximum absolute atomic E-state index is 13.2. The Kier molecular flexibility index (Phi) is 4.98. The Balaban J connectivity index is 1.81. The molecule has 2 heterocycles. The molecule has 2 saturated heterocycles. The molecule has 1 aromatic rings. The van der Waals surface area contributed by atoms with Gasteiger partial charge < -0.3 is 10.2 Å². The minimum Gasteiger partial charge on any atom is -0.338 e. The molecule has 0 aromatic heterocycles. The molecule has 2 aliphatic rings. The van der Waals surface area contributed by atoms with Crippen molar-refractivity contribution in [2.24, 2.45) is 0 Å². The average molecular weight is 361 g/mol. The number of hydrogen-bond acceptors (Lipinski definition) is 3. The first kappa shape index (κ1) is 18.4. The third kappa shape index (κ3) is 3.06. The summed E-state index contributed by atoms with van der Waals surface area (Å²) < 4.78 is 13.2. The van der Waals surface area contributed by atoms with Crippen molar-refractivity contribution >= 4 is 17.8 Å². The molecule has 0 saturated carbocycles. The van der Waals surface area contributed by atoms with E-state index in [0.29, 0.717) is 18.5 Å². The zero-order valence-corrected chi connectivity index (χ0v) is 15.1. The molecule has 0 bridgehead atoms. The number of carbonyl (C=O) groups excluding carboxylic acids is 3. The number of halogens is 1. The summed E-state index contributed by atoms with van der Waals surface area (Å²) in [5, 5.41) is 2.72. The number of nitrogens with one attached hydrogen (secondary N) is 1.